The molecular formula is C15H26N2O2S. The summed E-state index contributed by atoms with van der Waals surface area (Å²) in [5.74, 6) is 0. The number of rotatable bonds is 7. The Bertz CT molecular complexity index is 521. The van der Waals surface area contributed by atoms with Gasteiger partial charge in [-0.3, -0.25) is 0 Å². The summed E-state index contributed by atoms with van der Waals surface area (Å²) in [6.07, 6.45) is 1.01. The lowest BCUT2D eigenvalue weighted by molar-refractivity contribution is 0.505. The van der Waals surface area contributed by atoms with Gasteiger partial charge in [-0.2, -0.15) is 0 Å². The predicted molar refractivity (Wildman–Crippen MR) is 83.5 cm³/mol. The Kier molecular flexibility index (Phi) is 5.74. The van der Waals surface area contributed by atoms with Crippen molar-refractivity contribution in [2.45, 2.75) is 50.5 Å². The van der Waals surface area contributed by atoms with Crippen LogP contribution in [0.1, 0.15) is 39.7 Å². The Morgan fingerprint density at radius 3 is 2.20 bits per heavy atom. The van der Waals surface area contributed by atoms with Crippen LogP contribution in [-0.2, 0) is 15.4 Å². The van der Waals surface area contributed by atoms with E-state index in [4.69, 9.17) is 0 Å². The van der Waals surface area contributed by atoms with E-state index >= 15 is 0 Å². The summed E-state index contributed by atoms with van der Waals surface area (Å²) in [5, 5.41) is 3.00. The molecule has 4 nitrogen and oxygen atoms in total. The molecule has 0 saturated heterocycles. The van der Waals surface area contributed by atoms with Crippen LogP contribution in [0.25, 0.3) is 0 Å². The zero-order chi connectivity index (χ0) is 15.4. The highest BCUT2D eigenvalue weighted by atomic mass is 32.2. The van der Waals surface area contributed by atoms with Gasteiger partial charge in [-0.25, -0.2) is 13.1 Å². The van der Waals surface area contributed by atoms with Crippen LogP contribution in [0.5, 0.6) is 0 Å². The molecule has 1 unspecified atom stereocenters. The van der Waals surface area contributed by atoms with Gasteiger partial charge in [0.15, 0.2) is 0 Å². The number of likely N-dealkylation sites (N-methyl/N-ethyl adjacent to an activating group) is 1. The van der Waals surface area contributed by atoms with E-state index in [0.29, 0.717) is 11.4 Å². The predicted octanol–water partition coefficient (Wildman–Crippen LogP) is 2.26. The van der Waals surface area contributed by atoms with Crippen LogP contribution < -0.4 is 10.0 Å². The Morgan fingerprint density at radius 1 is 1.20 bits per heavy atom. The van der Waals surface area contributed by atoms with Gasteiger partial charge in [-0.05, 0) is 43.5 Å². The Labute approximate surface area is 123 Å². The lowest BCUT2D eigenvalue weighted by atomic mass is 9.82. The summed E-state index contributed by atoms with van der Waals surface area (Å²) in [6.45, 7) is 8.74. The van der Waals surface area contributed by atoms with E-state index in [9.17, 15) is 8.42 Å². The first-order chi connectivity index (χ1) is 9.23. The third-order valence-corrected chi connectivity index (χ3v) is 5.34. The SMILES string of the molecule is CCC(C)(C)c1ccc(S(=O)(=O)NCC(C)NC)cc1. The summed E-state index contributed by atoms with van der Waals surface area (Å²) >= 11 is 0. The second kappa shape index (κ2) is 6.70. The van der Waals surface area contributed by atoms with Gasteiger partial charge in [-0.15, -0.1) is 0 Å². The zero-order valence-electron chi connectivity index (χ0n) is 13.0. The van der Waals surface area contributed by atoms with Crippen molar-refractivity contribution in [3.05, 3.63) is 29.8 Å². The number of sulfonamides is 1. The van der Waals surface area contributed by atoms with Gasteiger partial charge in [-0.1, -0.05) is 32.9 Å². The van der Waals surface area contributed by atoms with Crippen LogP contribution in [0.15, 0.2) is 29.2 Å². The van der Waals surface area contributed by atoms with Crippen LogP contribution in [0.2, 0.25) is 0 Å². The minimum Gasteiger partial charge on any atom is -0.316 e. The van der Waals surface area contributed by atoms with Gasteiger partial charge in [0, 0.05) is 12.6 Å². The monoisotopic (exact) mass is 298 g/mol. The van der Waals surface area contributed by atoms with Gasteiger partial charge in [0.25, 0.3) is 0 Å². The Balaban J connectivity index is 2.87. The van der Waals surface area contributed by atoms with Gasteiger partial charge in [0.2, 0.25) is 10.0 Å². The minimum atomic E-state index is -3.42. The first-order valence-corrected chi connectivity index (χ1v) is 8.48. The third kappa shape index (κ3) is 4.30. The second-order valence-electron chi connectivity index (χ2n) is 5.80. The van der Waals surface area contributed by atoms with Crippen molar-refractivity contribution in [2.75, 3.05) is 13.6 Å². The molecule has 0 saturated carbocycles. The topological polar surface area (TPSA) is 58.2 Å². The number of hydrogen-bond acceptors (Lipinski definition) is 3. The molecule has 0 bridgehead atoms. The highest BCUT2D eigenvalue weighted by Crippen LogP contribution is 2.27. The molecule has 5 heteroatoms. The summed E-state index contributed by atoms with van der Waals surface area (Å²) < 4.78 is 26.9. The fourth-order valence-corrected chi connectivity index (χ4v) is 2.84. The van der Waals surface area contributed by atoms with Gasteiger partial charge >= 0.3 is 0 Å². The third-order valence-electron chi connectivity index (χ3n) is 3.90. The maximum absolute atomic E-state index is 12.1. The average Bonchev–Trinajstić information content (AvgIpc) is 2.45. The summed E-state index contributed by atoms with van der Waals surface area (Å²) in [4.78, 5) is 0.316. The van der Waals surface area contributed by atoms with E-state index in [2.05, 4.69) is 30.8 Å². The molecule has 0 aliphatic heterocycles. The molecule has 1 rings (SSSR count). The minimum absolute atomic E-state index is 0.0658. The number of nitrogens with one attached hydrogen (secondary N) is 2. The van der Waals surface area contributed by atoms with Crippen LogP contribution >= 0.6 is 0 Å². The number of hydrogen-bond donors (Lipinski definition) is 2. The molecule has 0 fully saturated rings. The van der Waals surface area contributed by atoms with Gasteiger partial charge in [0.1, 0.15) is 0 Å². The van der Waals surface area contributed by atoms with Crippen molar-refractivity contribution in [3.63, 3.8) is 0 Å². The summed E-state index contributed by atoms with van der Waals surface area (Å²) in [7, 11) is -1.62. The van der Waals surface area contributed by atoms with Gasteiger partial charge < -0.3 is 5.32 Å². The first kappa shape index (κ1) is 17.1. The molecule has 0 aliphatic carbocycles. The maximum atomic E-state index is 12.1. The molecule has 0 heterocycles. The lowest BCUT2D eigenvalue weighted by Gasteiger charge is -2.23. The molecule has 1 atom stereocenters. The molecule has 1 aromatic rings. The molecule has 0 amide bonds. The maximum Gasteiger partial charge on any atom is 0.240 e. The average molecular weight is 298 g/mol. The molecule has 1 aromatic carbocycles. The Hall–Kier alpha value is -0.910. The van der Waals surface area contributed by atoms with E-state index < -0.39 is 10.0 Å². The molecule has 114 valence electrons. The first-order valence-electron chi connectivity index (χ1n) is 7.00. The van der Waals surface area contributed by atoms with Crippen molar-refractivity contribution in [2.24, 2.45) is 0 Å². The lowest BCUT2D eigenvalue weighted by Crippen LogP contribution is -2.37. The second-order valence-corrected chi connectivity index (χ2v) is 7.57. The fraction of sp³-hybridized carbons (Fsp3) is 0.600. The fourth-order valence-electron chi connectivity index (χ4n) is 1.71. The van der Waals surface area contributed by atoms with Crippen molar-refractivity contribution in [1.82, 2.24) is 10.0 Å². The van der Waals surface area contributed by atoms with Crippen LogP contribution in [0, 0.1) is 0 Å². The Morgan fingerprint density at radius 2 is 1.75 bits per heavy atom. The van der Waals surface area contributed by atoms with E-state index in [1.807, 2.05) is 19.1 Å². The van der Waals surface area contributed by atoms with Gasteiger partial charge in [0.05, 0.1) is 4.90 Å². The van der Waals surface area contributed by atoms with Crippen molar-refractivity contribution in [3.8, 4) is 0 Å². The molecule has 0 radical (unpaired) electrons. The zero-order valence-corrected chi connectivity index (χ0v) is 13.8. The molecule has 0 aliphatic rings. The normalized spacial score (nSPS) is 14.2. The van der Waals surface area contributed by atoms with Crippen molar-refractivity contribution < 1.29 is 8.42 Å². The smallest absolute Gasteiger partial charge is 0.240 e. The standard InChI is InChI=1S/C15H26N2O2S/c1-6-15(3,4)13-7-9-14(10-8-13)20(18,19)17-11-12(2)16-5/h7-10,12,16-17H,6,11H2,1-5H3. The highest BCUT2D eigenvalue weighted by molar-refractivity contribution is 7.89. The molecule has 0 spiro atoms. The van der Waals surface area contributed by atoms with Crippen LogP contribution in [-0.4, -0.2) is 28.1 Å². The molecular weight excluding hydrogens is 272 g/mol. The quantitative estimate of drug-likeness (QED) is 0.812. The summed E-state index contributed by atoms with van der Waals surface area (Å²) in [5.41, 5.74) is 1.22. The largest absolute Gasteiger partial charge is 0.316 e. The van der Waals surface area contributed by atoms with E-state index in [1.54, 1.807) is 19.2 Å². The molecule has 0 aromatic heterocycles. The van der Waals surface area contributed by atoms with Crippen LogP contribution in [0.4, 0.5) is 0 Å². The van der Waals surface area contributed by atoms with Crippen molar-refractivity contribution >= 4 is 10.0 Å². The van der Waals surface area contributed by atoms with E-state index in [-0.39, 0.29) is 11.5 Å². The van der Waals surface area contributed by atoms with Crippen molar-refractivity contribution in [1.29, 1.82) is 0 Å². The molecule has 20 heavy (non-hydrogen) atoms. The molecule has 2 N–H and O–H groups in total. The number of benzene rings is 1. The van der Waals surface area contributed by atoms with E-state index in [0.717, 1.165) is 12.0 Å². The van der Waals surface area contributed by atoms with E-state index in [1.165, 1.54) is 0 Å². The van der Waals surface area contributed by atoms with Crippen LogP contribution in [0.3, 0.4) is 0 Å². The summed E-state index contributed by atoms with van der Waals surface area (Å²) in [6, 6.07) is 7.26. The highest BCUT2D eigenvalue weighted by Gasteiger charge is 2.20.